The van der Waals surface area contributed by atoms with E-state index in [-0.39, 0.29) is 0 Å². The van der Waals surface area contributed by atoms with Crippen LogP contribution in [0, 0.1) is 0 Å². The molecule has 0 radical (unpaired) electrons. The molecule has 46 heavy (non-hydrogen) atoms. The Bertz CT molecular complexity index is 2460. The molecule has 0 saturated heterocycles. The van der Waals surface area contributed by atoms with Crippen LogP contribution in [0.25, 0.3) is 82.1 Å². The minimum atomic E-state index is 0.818. The van der Waals surface area contributed by atoms with Gasteiger partial charge in [-0.2, -0.15) is 0 Å². The van der Waals surface area contributed by atoms with Crippen LogP contribution in [-0.4, -0.2) is 19.4 Å². The van der Waals surface area contributed by atoms with Crippen LogP contribution in [0.15, 0.2) is 158 Å². The third kappa shape index (κ3) is 4.40. The molecule has 9 rings (SSSR count). The normalized spacial score (nSPS) is 11.5. The highest BCUT2D eigenvalue weighted by Gasteiger charge is 2.20. The fourth-order valence-corrected chi connectivity index (χ4v) is 7.71. The van der Waals surface area contributed by atoms with E-state index in [1.54, 1.807) is 0 Å². The van der Waals surface area contributed by atoms with Gasteiger partial charge in [0.05, 0.1) is 38.5 Å². The van der Waals surface area contributed by atoms with E-state index in [1.807, 2.05) is 60.1 Å². The van der Waals surface area contributed by atoms with Gasteiger partial charge in [0.1, 0.15) is 4.83 Å². The zero-order valence-corrected chi connectivity index (χ0v) is 25.5. The standard InChI is InChI=1S/C41H26N4S/c1-2-12-27(13-3-1)31-17-11-21-38-40(31)45-37-20-5-4-16-32(37)39(41(45)46-38)29-15-10-14-28(24-29)30-25-35(33-18-6-8-22-42-33)44-36(26-30)34-19-7-9-23-43-34/h1-26H. The van der Waals surface area contributed by atoms with Gasteiger partial charge in [-0.3, -0.25) is 14.4 Å². The van der Waals surface area contributed by atoms with Gasteiger partial charge in [0.2, 0.25) is 0 Å². The largest absolute Gasteiger partial charge is 0.299 e. The average Bonchev–Trinajstić information content (AvgIpc) is 3.67. The summed E-state index contributed by atoms with van der Waals surface area (Å²) in [6.45, 7) is 0. The van der Waals surface area contributed by atoms with Crippen LogP contribution in [0.2, 0.25) is 0 Å². The molecule has 0 atom stereocenters. The molecule has 9 aromatic rings. The molecule has 4 nitrogen and oxygen atoms in total. The fourth-order valence-electron chi connectivity index (χ4n) is 6.45. The maximum atomic E-state index is 4.98. The summed E-state index contributed by atoms with van der Waals surface area (Å²) in [4.78, 5) is 15.5. The van der Waals surface area contributed by atoms with Crippen LogP contribution < -0.4 is 0 Å². The SMILES string of the molecule is c1ccc(-c2cccc3sc4c(-c5cccc(-c6cc(-c7ccccn7)nc(-c7ccccn7)c6)c5)c5ccccc5n4c23)cc1. The summed E-state index contributed by atoms with van der Waals surface area (Å²) in [7, 11) is 0. The van der Waals surface area contributed by atoms with E-state index in [0.717, 1.165) is 33.9 Å². The van der Waals surface area contributed by atoms with E-state index in [4.69, 9.17) is 4.98 Å². The number of fused-ring (bicyclic) bond motifs is 5. The number of thiazole rings is 1. The van der Waals surface area contributed by atoms with E-state index in [2.05, 4.69) is 124 Å². The van der Waals surface area contributed by atoms with Crippen molar-refractivity contribution < 1.29 is 0 Å². The predicted octanol–water partition coefficient (Wildman–Crippen LogP) is 10.8. The lowest BCUT2D eigenvalue weighted by Crippen LogP contribution is -1.94. The second kappa shape index (κ2) is 10.9. The summed E-state index contributed by atoms with van der Waals surface area (Å²) < 4.78 is 3.73. The molecule has 0 unspecified atom stereocenters. The average molecular weight is 607 g/mol. The quantitative estimate of drug-likeness (QED) is 0.196. The van der Waals surface area contributed by atoms with Gasteiger partial charge >= 0.3 is 0 Å². The summed E-state index contributed by atoms with van der Waals surface area (Å²) >= 11 is 1.86. The van der Waals surface area contributed by atoms with Crippen LogP contribution in [0.4, 0.5) is 0 Å². The van der Waals surface area contributed by atoms with Crippen LogP contribution in [0.5, 0.6) is 0 Å². The minimum absolute atomic E-state index is 0.818. The lowest BCUT2D eigenvalue weighted by atomic mass is 9.97. The summed E-state index contributed by atoms with van der Waals surface area (Å²) in [5.41, 5.74) is 12.8. The number of hydrogen-bond acceptors (Lipinski definition) is 4. The first-order valence-corrected chi connectivity index (χ1v) is 16.1. The molecule has 0 bridgehead atoms. The lowest BCUT2D eigenvalue weighted by molar-refractivity contribution is 1.22. The van der Waals surface area contributed by atoms with E-state index in [1.165, 1.54) is 48.2 Å². The monoisotopic (exact) mass is 606 g/mol. The Morgan fingerprint density at radius 2 is 1.13 bits per heavy atom. The molecule has 0 fully saturated rings. The Labute approximate surface area is 269 Å². The molecule has 0 aliphatic rings. The Kier molecular flexibility index (Phi) is 6.28. The van der Waals surface area contributed by atoms with Crippen molar-refractivity contribution in [3.63, 3.8) is 0 Å². The second-order valence-electron chi connectivity index (χ2n) is 11.3. The number of pyridine rings is 3. The number of hydrogen-bond donors (Lipinski definition) is 0. The first-order valence-electron chi connectivity index (χ1n) is 15.3. The van der Waals surface area contributed by atoms with Gasteiger partial charge in [0.15, 0.2) is 0 Å². The first-order chi connectivity index (χ1) is 22.8. The maximum Gasteiger partial charge on any atom is 0.109 e. The van der Waals surface area contributed by atoms with Crippen molar-refractivity contribution in [2.24, 2.45) is 0 Å². The van der Waals surface area contributed by atoms with Gasteiger partial charge in [0.25, 0.3) is 0 Å². The molecule has 4 aromatic carbocycles. The van der Waals surface area contributed by atoms with Crippen LogP contribution >= 0.6 is 11.3 Å². The van der Waals surface area contributed by atoms with E-state index >= 15 is 0 Å². The molecular formula is C41H26N4S. The molecule has 0 aliphatic heterocycles. The number of benzene rings is 4. The van der Waals surface area contributed by atoms with Crippen molar-refractivity contribution in [2.45, 2.75) is 0 Å². The lowest BCUT2D eigenvalue weighted by Gasteiger charge is -2.10. The van der Waals surface area contributed by atoms with Crippen molar-refractivity contribution in [3.8, 4) is 56.2 Å². The third-order valence-electron chi connectivity index (χ3n) is 8.51. The maximum absolute atomic E-state index is 4.98. The van der Waals surface area contributed by atoms with Gasteiger partial charge in [-0.1, -0.05) is 91.0 Å². The minimum Gasteiger partial charge on any atom is -0.299 e. The zero-order valence-electron chi connectivity index (χ0n) is 24.7. The van der Waals surface area contributed by atoms with E-state index in [0.29, 0.717) is 0 Å². The Morgan fingerprint density at radius 3 is 1.87 bits per heavy atom. The molecule has 216 valence electrons. The molecule has 0 aliphatic carbocycles. The first kappa shape index (κ1) is 26.5. The highest BCUT2D eigenvalue weighted by atomic mass is 32.1. The Hall–Kier alpha value is -5.91. The second-order valence-corrected chi connectivity index (χ2v) is 12.3. The molecule has 5 aromatic heterocycles. The van der Waals surface area contributed by atoms with Crippen molar-refractivity contribution in [3.05, 3.63) is 158 Å². The number of nitrogens with zero attached hydrogens (tertiary/aromatic N) is 4. The molecular weight excluding hydrogens is 581 g/mol. The van der Waals surface area contributed by atoms with Crippen molar-refractivity contribution in [1.82, 2.24) is 19.4 Å². The molecule has 0 amide bonds. The molecule has 5 heteroatoms. The summed E-state index contributed by atoms with van der Waals surface area (Å²) in [5.74, 6) is 0. The fraction of sp³-hybridized carbons (Fsp3) is 0. The zero-order chi connectivity index (χ0) is 30.5. The summed E-state index contributed by atoms with van der Waals surface area (Å²) in [6.07, 6.45) is 3.62. The molecule has 0 N–H and O–H groups in total. The van der Waals surface area contributed by atoms with Gasteiger partial charge < -0.3 is 0 Å². The van der Waals surface area contributed by atoms with Gasteiger partial charge in [-0.15, -0.1) is 11.3 Å². The van der Waals surface area contributed by atoms with Crippen LogP contribution in [-0.2, 0) is 0 Å². The third-order valence-corrected chi connectivity index (χ3v) is 9.64. The van der Waals surface area contributed by atoms with Gasteiger partial charge in [-0.25, -0.2) is 4.98 Å². The molecule has 0 spiro atoms. The topological polar surface area (TPSA) is 43.1 Å². The summed E-state index contributed by atoms with van der Waals surface area (Å²) in [6, 6.07) is 51.1. The molecule has 5 heterocycles. The van der Waals surface area contributed by atoms with E-state index in [9.17, 15) is 0 Å². The Morgan fingerprint density at radius 1 is 0.478 bits per heavy atom. The van der Waals surface area contributed by atoms with Gasteiger partial charge in [-0.05, 0) is 76.9 Å². The Balaban J connectivity index is 1.27. The highest BCUT2D eigenvalue weighted by Crippen LogP contribution is 2.45. The number of para-hydroxylation sites is 2. The van der Waals surface area contributed by atoms with Crippen molar-refractivity contribution >= 4 is 37.3 Å². The smallest absolute Gasteiger partial charge is 0.109 e. The highest BCUT2D eigenvalue weighted by molar-refractivity contribution is 7.24. The number of rotatable bonds is 5. The van der Waals surface area contributed by atoms with Gasteiger partial charge in [0, 0.05) is 28.9 Å². The summed E-state index contributed by atoms with van der Waals surface area (Å²) in [5, 5.41) is 1.24. The predicted molar refractivity (Wildman–Crippen MR) is 191 cm³/mol. The van der Waals surface area contributed by atoms with E-state index < -0.39 is 0 Å². The van der Waals surface area contributed by atoms with Crippen molar-refractivity contribution in [2.75, 3.05) is 0 Å². The van der Waals surface area contributed by atoms with Crippen LogP contribution in [0.1, 0.15) is 0 Å². The van der Waals surface area contributed by atoms with Crippen LogP contribution in [0.3, 0.4) is 0 Å². The van der Waals surface area contributed by atoms with Crippen molar-refractivity contribution in [1.29, 1.82) is 0 Å². The number of aromatic nitrogens is 4. The molecule has 0 saturated carbocycles.